The average molecular weight is 389 g/mol. The van der Waals surface area contributed by atoms with E-state index in [1.165, 1.54) is 16.7 Å². The molecule has 0 aliphatic heterocycles. The first-order valence-corrected chi connectivity index (χ1v) is 7.10. The molecule has 1 rings (SSSR count). The van der Waals surface area contributed by atoms with E-state index < -0.39 is 0 Å². The number of nitrogens with zero attached hydrogens (tertiary/aromatic N) is 1. The minimum Gasteiger partial charge on any atom is -0.356 e. The molecule has 20 heavy (non-hydrogen) atoms. The van der Waals surface area contributed by atoms with E-state index in [1.807, 2.05) is 7.05 Å². The summed E-state index contributed by atoms with van der Waals surface area (Å²) in [5.74, 6) is 0.888. The Hall–Kier alpha value is -0.780. The molecular formula is C16H28IN3. The first-order chi connectivity index (χ1) is 9.06. The van der Waals surface area contributed by atoms with Crippen LogP contribution in [0.5, 0.6) is 0 Å². The van der Waals surface area contributed by atoms with Gasteiger partial charge in [0.05, 0.1) is 0 Å². The summed E-state index contributed by atoms with van der Waals surface area (Å²) in [5.41, 5.74) is 4.09. The minimum absolute atomic E-state index is 0. The van der Waals surface area contributed by atoms with Crippen molar-refractivity contribution >= 4 is 29.9 Å². The lowest BCUT2D eigenvalue weighted by molar-refractivity contribution is 0.624. The monoisotopic (exact) mass is 389 g/mol. The number of aliphatic imine (C=N–C) groups is 1. The Morgan fingerprint density at radius 2 is 2.00 bits per heavy atom. The van der Waals surface area contributed by atoms with Gasteiger partial charge in [-0.3, -0.25) is 4.99 Å². The Morgan fingerprint density at radius 3 is 2.55 bits per heavy atom. The van der Waals surface area contributed by atoms with Crippen LogP contribution in [-0.2, 0) is 6.42 Å². The van der Waals surface area contributed by atoms with Crippen LogP contribution in [0.1, 0.15) is 37.0 Å². The van der Waals surface area contributed by atoms with Gasteiger partial charge in [0.1, 0.15) is 0 Å². The van der Waals surface area contributed by atoms with Crippen LogP contribution in [0.4, 0.5) is 0 Å². The second-order valence-electron chi connectivity index (χ2n) is 5.13. The maximum absolute atomic E-state index is 4.24. The number of halogens is 1. The fraction of sp³-hybridized carbons (Fsp3) is 0.562. The maximum atomic E-state index is 4.24. The molecule has 2 N–H and O–H groups in total. The predicted octanol–water partition coefficient (Wildman–Crippen LogP) is 3.43. The first-order valence-electron chi connectivity index (χ1n) is 7.10. The van der Waals surface area contributed by atoms with Gasteiger partial charge in [-0.1, -0.05) is 30.7 Å². The third kappa shape index (κ3) is 6.59. The SMILES string of the molecule is CCC(C)NC(=NC)NCCc1ccc(C)cc1C.I. The lowest BCUT2D eigenvalue weighted by Gasteiger charge is -2.16. The zero-order chi connectivity index (χ0) is 14.3. The third-order valence-corrected chi connectivity index (χ3v) is 3.40. The molecular weight excluding hydrogens is 361 g/mol. The highest BCUT2D eigenvalue weighted by molar-refractivity contribution is 14.0. The Balaban J connectivity index is 0.00000361. The molecule has 0 aliphatic carbocycles. The van der Waals surface area contributed by atoms with Crippen molar-refractivity contribution < 1.29 is 0 Å². The van der Waals surface area contributed by atoms with Crippen LogP contribution in [0.25, 0.3) is 0 Å². The van der Waals surface area contributed by atoms with Crippen molar-refractivity contribution in [3.63, 3.8) is 0 Å². The molecule has 0 saturated carbocycles. The van der Waals surface area contributed by atoms with Crippen molar-refractivity contribution in [1.29, 1.82) is 0 Å². The molecule has 0 spiro atoms. The van der Waals surface area contributed by atoms with Crippen LogP contribution >= 0.6 is 24.0 Å². The summed E-state index contributed by atoms with van der Waals surface area (Å²) in [7, 11) is 1.81. The van der Waals surface area contributed by atoms with E-state index in [9.17, 15) is 0 Å². The summed E-state index contributed by atoms with van der Waals surface area (Å²) < 4.78 is 0. The molecule has 0 saturated heterocycles. The predicted molar refractivity (Wildman–Crippen MR) is 99.3 cm³/mol. The van der Waals surface area contributed by atoms with Crippen molar-refractivity contribution in [3.05, 3.63) is 34.9 Å². The van der Waals surface area contributed by atoms with Crippen LogP contribution in [0.2, 0.25) is 0 Å². The fourth-order valence-electron chi connectivity index (χ4n) is 1.97. The minimum atomic E-state index is 0. The van der Waals surface area contributed by atoms with Crippen molar-refractivity contribution in [3.8, 4) is 0 Å². The number of rotatable bonds is 5. The van der Waals surface area contributed by atoms with Crippen molar-refractivity contribution in [1.82, 2.24) is 10.6 Å². The first kappa shape index (κ1) is 19.2. The van der Waals surface area contributed by atoms with Gasteiger partial charge in [-0.15, -0.1) is 24.0 Å². The maximum Gasteiger partial charge on any atom is 0.191 e. The Morgan fingerprint density at radius 1 is 1.30 bits per heavy atom. The van der Waals surface area contributed by atoms with Crippen molar-refractivity contribution in [2.24, 2.45) is 4.99 Å². The summed E-state index contributed by atoms with van der Waals surface area (Å²) >= 11 is 0. The molecule has 0 aliphatic rings. The van der Waals surface area contributed by atoms with E-state index >= 15 is 0 Å². The molecule has 0 heterocycles. The second kappa shape index (κ2) is 10.0. The zero-order valence-electron chi connectivity index (χ0n) is 13.3. The molecule has 0 amide bonds. The van der Waals surface area contributed by atoms with Gasteiger partial charge < -0.3 is 10.6 Å². The molecule has 0 fully saturated rings. The van der Waals surface area contributed by atoms with Gasteiger partial charge in [0, 0.05) is 19.6 Å². The number of nitrogens with one attached hydrogen (secondary N) is 2. The molecule has 1 unspecified atom stereocenters. The zero-order valence-corrected chi connectivity index (χ0v) is 15.6. The molecule has 114 valence electrons. The smallest absolute Gasteiger partial charge is 0.191 e. The van der Waals surface area contributed by atoms with Crippen LogP contribution in [-0.4, -0.2) is 25.6 Å². The highest BCUT2D eigenvalue weighted by Gasteiger charge is 2.03. The lowest BCUT2D eigenvalue weighted by Crippen LogP contribution is -2.42. The molecule has 4 heteroatoms. The van der Waals surface area contributed by atoms with E-state index in [-0.39, 0.29) is 24.0 Å². The van der Waals surface area contributed by atoms with Crippen LogP contribution in [0, 0.1) is 13.8 Å². The molecule has 1 atom stereocenters. The van der Waals surface area contributed by atoms with Crippen LogP contribution in [0.3, 0.4) is 0 Å². The number of hydrogen-bond donors (Lipinski definition) is 2. The van der Waals surface area contributed by atoms with Gasteiger partial charge in [-0.05, 0) is 44.7 Å². The molecule has 0 bridgehead atoms. The summed E-state index contributed by atoms with van der Waals surface area (Å²) in [6.45, 7) is 9.54. The summed E-state index contributed by atoms with van der Waals surface area (Å²) in [6.07, 6.45) is 2.12. The summed E-state index contributed by atoms with van der Waals surface area (Å²) in [4.78, 5) is 4.24. The lowest BCUT2D eigenvalue weighted by atomic mass is 10.0. The summed E-state index contributed by atoms with van der Waals surface area (Å²) in [6, 6.07) is 7.08. The van der Waals surface area contributed by atoms with Gasteiger partial charge in [0.2, 0.25) is 0 Å². The number of aryl methyl sites for hydroxylation is 2. The molecule has 0 aromatic heterocycles. The molecule has 0 radical (unpaired) electrons. The highest BCUT2D eigenvalue weighted by Crippen LogP contribution is 2.10. The second-order valence-corrected chi connectivity index (χ2v) is 5.13. The Bertz CT molecular complexity index is 430. The van der Waals surface area contributed by atoms with E-state index in [0.717, 1.165) is 25.3 Å². The number of guanidine groups is 1. The van der Waals surface area contributed by atoms with Gasteiger partial charge in [-0.25, -0.2) is 0 Å². The quantitative estimate of drug-likeness (QED) is 0.460. The van der Waals surface area contributed by atoms with E-state index in [4.69, 9.17) is 0 Å². The van der Waals surface area contributed by atoms with Crippen molar-refractivity contribution in [2.45, 2.75) is 46.6 Å². The van der Waals surface area contributed by atoms with Gasteiger partial charge >= 0.3 is 0 Å². The van der Waals surface area contributed by atoms with E-state index in [0.29, 0.717) is 6.04 Å². The molecule has 1 aromatic rings. The molecule has 1 aromatic carbocycles. The van der Waals surface area contributed by atoms with Gasteiger partial charge in [0.15, 0.2) is 5.96 Å². The largest absolute Gasteiger partial charge is 0.356 e. The third-order valence-electron chi connectivity index (χ3n) is 3.40. The van der Waals surface area contributed by atoms with Crippen molar-refractivity contribution in [2.75, 3.05) is 13.6 Å². The fourth-order valence-corrected chi connectivity index (χ4v) is 1.97. The van der Waals surface area contributed by atoms with Gasteiger partial charge in [0.25, 0.3) is 0 Å². The normalized spacial score (nSPS) is 12.6. The highest BCUT2D eigenvalue weighted by atomic mass is 127. The number of benzene rings is 1. The number of hydrogen-bond acceptors (Lipinski definition) is 1. The topological polar surface area (TPSA) is 36.4 Å². The standard InChI is InChI=1S/C16H27N3.HI/c1-6-14(4)19-16(17-5)18-10-9-15-8-7-12(2)11-13(15)3;/h7-8,11,14H,6,9-10H2,1-5H3,(H2,17,18,19);1H. The van der Waals surface area contributed by atoms with Crippen LogP contribution in [0.15, 0.2) is 23.2 Å². The van der Waals surface area contributed by atoms with E-state index in [2.05, 4.69) is 61.5 Å². The van der Waals surface area contributed by atoms with Crippen LogP contribution < -0.4 is 10.6 Å². The average Bonchev–Trinajstić information content (AvgIpc) is 2.39. The Labute approximate surface area is 140 Å². The molecule has 3 nitrogen and oxygen atoms in total. The Kier molecular flexibility index (Phi) is 9.63. The summed E-state index contributed by atoms with van der Waals surface area (Å²) in [5, 5.41) is 6.73. The van der Waals surface area contributed by atoms with Gasteiger partial charge in [-0.2, -0.15) is 0 Å². The van der Waals surface area contributed by atoms with E-state index in [1.54, 1.807) is 0 Å².